The summed E-state index contributed by atoms with van der Waals surface area (Å²) >= 11 is 0. The fourth-order valence-corrected chi connectivity index (χ4v) is 3.10. The van der Waals surface area contributed by atoms with E-state index in [9.17, 15) is 4.79 Å². The van der Waals surface area contributed by atoms with Gasteiger partial charge in [0.25, 0.3) is 5.91 Å². The van der Waals surface area contributed by atoms with Crippen LogP contribution in [0.2, 0.25) is 0 Å². The highest BCUT2D eigenvalue weighted by Gasteiger charge is 2.13. The van der Waals surface area contributed by atoms with Crippen molar-refractivity contribution in [2.45, 2.75) is 19.9 Å². The van der Waals surface area contributed by atoms with Gasteiger partial charge in [-0.3, -0.25) is 4.79 Å². The van der Waals surface area contributed by atoms with Crippen LogP contribution < -0.4 is 14.8 Å². The smallest absolute Gasteiger partial charge is 0.251 e. The number of rotatable bonds is 8. The number of nitrogens with one attached hydrogen (secondary N) is 1. The molecular weight excluding hydrogens is 354 g/mol. The van der Waals surface area contributed by atoms with Gasteiger partial charge in [-0.05, 0) is 24.6 Å². The Kier molecular flexibility index (Phi) is 6.32. The first-order chi connectivity index (χ1) is 13.6. The molecule has 1 aromatic heterocycles. The lowest BCUT2D eigenvalue weighted by Crippen LogP contribution is -2.26. The zero-order chi connectivity index (χ0) is 19.9. The molecule has 1 amide bonds. The van der Waals surface area contributed by atoms with E-state index >= 15 is 0 Å². The molecular formula is C22H25N3O3. The Balaban J connectivity index is 1.62. The van der Waals surface area contributed by atoms with E-state index in [1.54, 1.807) is 32.5 Å². The lowest BCUT2D eigenvalue weighted by molar-refractivity contribution is 0.0953. The number of imidazole rings is 1. The van der Waals surface area contributed by atoms with Crippen molar-refractivity contribution in [2.24, 2.45) is 0 Å². The zero-order valence-corrected chi connectivity index (χ0v) is 16.4. The molecule has 6 nitrogen and oxygen atoms in total. The van der Waals surface area contributed by atoms with E-state index in [4.69, 9.17) is 9.47 Å². The highest BCUT2D eigenvalue weighted by molar-refractivity contribution is 5.95. The quantitative estimate of drug-likeness (QED) is 0.653. The van der Waals surface area contributed by atoms with Crippen molar-refractivity contribution in [2.75, 3.05) is 20.8 Å². The molecule has 0 fully saturated rings. The number of benzene rings is 2. The topological polar surface area (TPSA) is 65.4 Å². The number of carbonyl (C=O) groups is 1. The molecule has 1 heterocycles. The number of carbonyl (C=O) groups excluding carboxylic acids is 1. The van der Waals surface area contributed by atoms with Crippen LogP contribution in [0.5, 0.6) is 11.5 Å². The summed E-state index contributed by atoms with van der Waals surface area (Å²) in [5.41, 5.74) is 2.58. The van der Waals surface area contributed by atoms with E-state index in [1.165, 1.54) is 5.56 Å². The predicted octanol–water partition coefficient (Wildman–Crippen LogP) is 3.23. The Bertz CT molecular complexity index is 910. The van der Waals surface area contributed by atoms with Crippen LogP contribution in [0.25, 0.3) is 0 Å². The first-order valence-corrected chi connectivity index (χ1v) is 9.17. The average molecular weight is 379 g/mol. The Morgan fingerprint density at radius 3 is 2.43 bits per heavy atom. The number of methoxy groups -OCH3 is 2. The lowest BCUT2D eigenvalue weighted by Gasteiger charge is -2.13. The standard InChI is InChI=1S/C22H25N3O3/c1-16-19(27-2)13-18(14-20(16)28-3)22(26)24-10-9-21-23-11-12-25(21)15-17-7-5-4-6-8-17/h4-8,11-14H,9-10,15H2,1-3H3,(H,24,26). The largest absolute Gasteiger partial charge is 0.496 e. The Morgan fingerprint density at radius 2 is 1.79 bits per heavy atom. The van der Waals surface area contributed by atoms with Crippen molar-refractivity contribution in [1.82, 2.24) is 14.9 Å². The van der Waals surface area contributed by atoms with E-state index in [-0.39, 0.29) is 5.91 Å². The maximum atomic E-state index is 12.5. The minimum atomic E-state index is -0.169. The molecule has 0 atom stereocenters. The maximum absolute atomic E-state index is 12.5. The molecule has 0 radical (unpaired) electrons. The minimum Gasteiger partial charge on any atom is -0.496 e. The summed E-state index contributed by atoms with van der Waals surface area (Å²) in [5.74, 6) is 2.02. The van der Waals surface area contributed by atoms with Gasteiger partial charge < -0.3 is 19.4 Å². The number of hydrogen-bond acceptors (Lipinski definition) is 4. The van der Waals surface area contributed by atoms with Crippen LogP contribution in [0.1, 0.15) is 27.3 Å². The molecule has 2 aromatic carbocycles. The molecule has 28 heavy (non-hydrogen) atoms. The van der Waals surface area contributed by atoms with Gasteiger partial charge in [-0.2, -0.15) is 0 Å². The lowest BCUT2D eigenvalue weighted by atomic mass is 10.1. The summed E-state index contributed by atoms with van der Waals surface area (Å²) in [5, 5.41) is 2.95. The fraction of sp³-hybridized carbons (Fsp3) is 0.273. The van der Waals surface area contributed by atoms with E-state index in [0.717, 1.165) is 17.9 Å². The zero-order valence-electron chi connectivity index (χ0n) is 16.4. The third-order valence-corrected chi connectivity index (χ3v) is 4.65. The maximum Gasteiger partial charge on any atom is 0.251 e. The first-order valence-electron chi connectivity index (χ1n) is 9.17. The van der Waals surface area contributed by atoms with Crippen LogP contribution in [0, 0.1) is 6.92 Å². The van der Waals surface area contributed by atoms with Gasteiger partial charge in [0, 0.05) is 43.0 Å². The van der Waals surface area contributed by atoms with Crippen LogP contribution in [0.3, 0.4) is 0 Å². The van der Waals surface area contributed by atoms with Crippen LogP contribution in [-0.2, 0) is 13.0 Å². The molecule has 0 bridgehead atoms. The number of ether oxygens (including phenoxy) is 2. The van der Waals surface area contributed by atoms with Crippen molar-refractivity contribution in [1.29, 1.82) is 0 Å². The normalized spacial score (nSPS) is 10.5. The molecule has 3 aromatic rings. The molecule has 0 aliphatic heterocycles. The second-order valence-electron chi connectivity index (χ2n) is 6.47. The Labute approximate surface area is 165 Å². The summed E-state index contributed by atoms with van der Waals surface area (Å²) < 4.78 is 12.8. The van der Waals surface area contributed by atoms with E-state index in [1.807, 2.05) is 31.3 Å². The van der Waals surface area contributed by atoms with Crippen LogP contribution >= 0.6 is 0 Å². The fourth-order valence-electron chi connectivity index (χ4n) is 3.10. The average Bonchev–Trinajstić information content (AvgIpc) is 3.15. The molecule has 146 valence electrons. The molecule has 0 spiro atoms. The first kappa shape index (κ1) is 19.5. The van der Waals surface area contributed by atoms with Crippen molar-refractivity contribution < 1.29 is 14.3 Å². The van der Waals surface area contributed by atoms with Crippen LogP contribution in [0.15, 0.2) is 54.9 Å². The summed E-state index contributed by atoms with van der Waals surface area (Å²) in [6.07, 6.45) is 4.39. The molecule has 3 rings (SSSR count). The van der Waals surface area contributed by atoms with Crippen molar-refractivity contribution in [3.05, 3.63) is 77.4 Å². The number of hydrogen-bond donors (Lipinski definition) is 1. The van der Waals surface area contributed by atoms with Crippen molar-refractivity contribution >= 4 is 5.91 Å². The van der Waals surface area contributed by atoms with E-state index < -0.39 is 0 Å². The third-order valence-electron chi connectivity index (χ3n) is 4.65. The van der Waals surface area contributed by atoms with Crippen molar-refractivity contribution in [3.63, 3.8) is 0 Å². The van der Waals surface area contributed by atoms with Gasteiger partial charge in [0.1, 0.15) is 17.3 Å². The number of aromatic nitrogens is 2. The SMILES string of the molecule is COc1cc(C(=O)NCCc2nccn2Cc2ccccc2)cc(OC)c1C. The molecule has 1 N–H and O–H groups in total. The Hall–Kier alpha value is -3.28. The minimum absolute atomic E-state index is 0.169. The summed E-state index contributed by atoms with van der Waals surface area (Å²) in [4.78, 5) is 17.0. The van der Waals surface area contributed by atoms with E-state index in [2.05, 4.69) is 27.0 Å². The van der Waals surface area contributed by atoms with E-state index in [0.29, 0.717) is 30.0 Å². The van der Waals surface area contributed by atoms with Gasteiger partial charge in [-0.1, -0.05) is 30.3 Å². The third kappa shape index (κ3) is 4.52. The molecule has 0 unspecified atom stereocenters. The number of nitrogens with zero attached hydrogens (tertiary/aromatic N) is 2. The van der Waals surface area contributed by atoms with Gasteiger partial charge in [-0.25, -0.2) is 4.98 Å². The van der Waals surface area contributed by atoms with Gasteiger partial charge in [-0.15, -0.1) is 0 Å². The highest BCUT2D eigenvalue weighted by Crippen LogP contribution is 2.29. The number of amides is 1. The summed E-state index contributed by atoms with van der Waals surface area (Å²) in [6.45, 7) is 3.14. The molecule has 0 saturated heterocycles. The van der Waals surface area contributed by atoms with Gasteiger partial charge in [0.2, 0.25) is 0 Å². The summed E-state index contributed by atoms with van der Waals surface area (Å²) in [6, 6.07) is 13.7. The van der Waals surface area contributed by atoms with Crippen LogP contribution in [0.4, 0.5) is 0 Å². The predicted molar refractivity (Wildman–Crippen MR) is 108 cm³/mol. The highest BCUT2D eigenvalue weighted by atomic mass is 16.5. The molecule has 6 heteroatoms. The van der Waals surface area contributed by atoms with Gasteiger partial charge in [0.15, 0.2) is 0 Å². The van der Waals surface area contributed by atoms with Gasteiger partial charge >= 0.3 is 0 Å². The van der Waals surface area contributed by atoms with Crippen LogP contribution in [-0.4, -0.2) is 36.2 Å². The van der Waals surface area contributed by atoms with Crippen molar-refractivity contribution in [3.8, 4) is 11.5 Å². The molecule has 0 aliphatic rings. The summed E-state index contributed by atoms with van der Waals surface area (Å²) in [7, 11) is 3.16. The van der Waals surface area contributed by atoms with Gasteiger partial charge in [0.05, 0.1) is 14.2 Å². The second kappa shape index (κ2) is 9.08. The Morgan fingerprint density at radius 1 is 1.11 bits per heavy atom. The molecule has 0 saturated carbocycles. The molecule has 0 aliphatic carbocycles. The second-order valence-corrected chi connectivity index (χ2v) is 6.47. The monoisotopic (exact) mass is 379 g/mol.